The molecule has 0 aliphatic rings. The van der Waals surface area contributed by atoms with Crippen LogP contribution in [0.2, 0.25) is 0 Å². The Hall–Kier alpha value is -2.56. The van der Waals surface area contributed by atoms with Crippen molar-refractivity contribution in [2.75, 3.05) is 0 Å². The van der Waals surface area contributed by atoms with E-state index >= 15 is 0 Å². The van der Waals surface area contributed by atoms with Gasteiger partial charge in [-0.1, -0.05) is 6.07 Å². The summed E-state index contributed by atoms with van der Waals surface area (Å²) in [5.41, 5.74) is 1.07. The maximum atomic E-state index is 10.8. The van der Waals surface area contributed by atoms with E-state index < -0.39 is 5.97 Å². The maximum Gasteiger partial charge on any atom is 0.356 e. The summed E-state index contributed by atoms with van der Waals surface area (Å²) in [5, 5.41) is 12.8. The van der Waals surface area contributed by atoms with Gasteiger partial charge in [-0.05, 0) is 30.3 Å². The van der Waals surface area contributed by atoms with E-state index in [4.69, 9.17) is 5.11 Å². The second-order valence-corrected chi connectivity index (χ2v) is 3.64. The van der Waals surface area contributed by atoms with Gasteiger partial charge in [-0.15, -0.1) is 0 Å². The molecule has 17 heavy (non-hydrogen) atoms. The van der Waals surface area contributed by atoms with Gasteiger partial charge in [-0.25, -0.2) is 9.48 Å². The Morgan fingerprint density at radius 3 is 2.76 bits per heavy atom. The summed E-state index contributed by atoms with van der Waals surface area (Å²) in [6, 6.07) is 11.2. The van der Waals surface area contributed by atoms with Gasteiger partial charge in [0.1, 0.15) is 5.82 Å². The van der Waals surface area contributed by atoms with Crippen molar-refractivity contribution < 1.29 is 9.90 Å². The first-order chi connectivity index (χ1) is 8.25. The first-order valence-corrected chi connectivity index (χ1v) is 5.11. The van der Waals surface area contributed by atoms with Gasteiger partial charge in [-0.3, -0.25) is 0 Å². The topological polar surface area (TPSA) is 59.5 Å². The van der Waals surface area contributed by atoms with Crippen molar-refractivity contribution in [2.45, 2.75) is 0 Å². The second-order valence-electron chi connectivity index (χ2n) is 3.64. The molecule has 0 atom stereocenters. The van der Waals surface area contributed by atoms with Gasteiger partial charge in [-0.2, -0.15) is 5.10 Å². The van der Waals surface area contributed by atoms with Crippen LogP contribution >= 0.6 is 0 Å². The van der Waals surface area contributed by atoms with Crippen LogP contribution in [0, 0.1) is 0 Å². The molecular weight excluding hydrogens is 218 g/mol. The molecule has 3 aromatic rings. The van der Waals surface area contributed by atoms with E-state index in [1.165, 1.54) is 6.07 Å². The number of hydrogen-bond acceptors (Lipinski definition) is 2. The van der Waals surface area contributed by atoms with Gasteiger partial charge in [0.25, 0.3) is 0 Å². The van der Waals surface area contributed by atoms with E-state index in [9.17, 15) is 4.79 Å². The molecule has 0 saturated carbocycles. The number of fused-ring (bicyclic) bond motifs is 1. The van der Waals surface area contributed by atoms with Crippen molar-refractivity contribution in [3.8, 4) is 5.82 Å². The van der Waals surface area contributed by atoms with Crippen LogP contribution in [-0.4, -0.2) is 25.3 Å². The number of aromatic nitrogens is 3. The fourth-order valence-corrected chi connectivity index (χ4v) is 1.79. The average molecular weight is 227 g/mol. The lowest BCUT2D eigenvalue weighted by atomic mass is 10.4. The fraction of sp³-hybridized carbons (Fsp3) is 0. The molecule has 3 rings (SSSR count). The Bertz CT molecular complexity index is 696. The Balaban J connectivity index is 2.17. The zero-order valence-corrected chi connectivity index (χ0v) is 8.82. The molecule has 0 radical (unpaired) electrons. The highest BCUT2D eigenvalue weighted by Crippen LogP contribution is 2.13. The van der Waals surface area contributed by atoms with Crippen molar-refractivity contribution >= 4 is 11.5 Å². The average Bonchev–Trinajstić information content (AvgIpc) is 2.95. The summed E-state index contributed by atoms with van der Waals surface area (Å²) in [4.78, 5) is 10.8. The fourth-order valence-electron chi connectivity index (χ4n) is 1.79. The van der Waals surface area contributed by atoms with E-state index in [0.717, 1.165) is 11.3 Å². The number of pyridine rings is 1. The molecule has 0 fully saturated rings. The zero-order chi connectivity index (χ0) is 11.8. The van der Waals surface area contributed by atoms with Crippen molar-refractivity contribution in [1.82, 2.24) is 14.2 Å². The van der Waals surface area contributed by atoms with E-state index in [0.29, 0.717) is 0 Å². The molecular formula is C12H9N3O2. The molecule has 0 aliphatic carbocycles. The molecule has 0 aliphatic heterocycles. The highest BCUT2D eigenvalue weighted by molar-refractivity contribution is 5.85. The van der Waals surface area contributed by atoms with Crippen LogP contribution in [0.3, 0.4) is 0 Å². The van der Waals surface area contributed by atoms with Crippen LogP contribution in [-0.2, 0) is 0 Å². The van der Waals surface area contributed by atoms with Crippen LogP contribution in [0.5, 0.6) is 0 Å². The predicted octanol–water partition coefficient (Wildman–Crippen LogP) is 1.82. The Morgan fingerprint density at radius 2 is 2.00 bits per heavy atom. The molecule has 0 bridgehead atoms. The van der Waals surface area contributed by atoms with Crippen molar-refractivity contribution in [2.24, 2.45) is 0 Å². The summed E-state index contributed by atoms with van der Waals surface area (Å²) in [6.07, 6.45) is 3.55. The first-order valence-electron chi connectivity index (χ1n) is 5.11. The number of carboxylic acid groups (broad SMARTS) is 1. The molecule has 0 aromatic carbocycles. The summed E-state index contributed by atoms with van der Waals surface area (Å²) < 4.78 is 3.50. The first kappa shape index (κ1) is 9.65. The molecule has 0 unspecified atom stereocenters. The Kier molecular flexibility index (Phi) is 1.98. The largest absolute Gasteiger partial charge is 0.476 e. The lowest BCUT2D eigenvalue weighted by Gasteiger charge is -2.01. The normalized spacial score (nSPS) is 10.8. The standard InChI is InChI=1S/C12H9N3O2/c16-12(17)10-6-8-15(13-10)11-5-4-9-3-1-2-7-14(9)11/h1-8H,(H,16,17). The summed E-state index contributed by atoms with van der Waals surface area (Å²) in [7, 11) is 0. The third kappa shape index (κ3) is 1.48. The van der Waals surface area contributed by atoms with E-state index in [1.807, 2.05) is 40.9 Å². The van der Waals surface area contributed by atoms with Crippen LogP contribution in [0.1, 0.15) is 10.5 Å². The van der Waals surface area contributed by atoms with Crippen molar-refractivity contribution in [1.29, 1.82) is 0 Å². The SMILES string of the molecule is O=C(O)c1ccn(-c2ccc3ccccn23)n1. The maximum absolute atomic E-state index is 10.8. The monoisotopic (exact) mass is 227 g/mol. The Labute approximate surface area is 96.5 Å². The number of carboxylic acids is 1. The van der Waals surface area contributed by atoms with Gasteiger partial charge >= 0.3 is 5.97 Å². The van der Waals surface area contributed by atoms with Crippen molar-refractivity contribution in [3.63, 3.8) is 0 Å². The van der Waals surface area contributed by atoms with E-state index in [-0.39, 0.29) is 5.69 Å². The number of carbonyl (C=O) groups is 1. The van der Waals surface area contributed by atoms with Gasteiger partial charge in [0.15, 0.2) is 5.69 Å². The van der Waals surface area contributed by atoms with Crippen LogP contribution in [0.25, 0.3) is 11.3 Å². The number of aromatic carboxylic acids is 1. The minimum Gasteiger partial charge on any atom is -0.476 e. The van der Waals surface area contributed by atoms with Gasteiger partial charge in [0.05, 0.1) is 0 Å². The zero-order valence-electron chi connectivity index (χ0n) is 8.82. The van der Waals surface area contributed by atoms with Crippen LogP contribution < -0.4 is 0 Å². The van der Waals surface area contributed by atoms with Gasteiger partial charge < -0.3 is 9.51 Å². The molecule has 0 amide bonds. The van der Waals surface area contributed by atoms with E-state index in [1.54, 1.807) is 10.9 Å². The number of nitrogens with zero attached hydrogens (tertiary/aromatic N) is 3. The molecule has 0 saturated heterocycles. The molecule has 3 aromatic heterocycles. The van der Waals surface area contributed by atoms with E-state index in [2.05, 4.69) is 5.10 Å². The minimum absolute atomic E-state index is 0.0379. The molecule has 84 valence electrons. The Morgan fingerprint density at radius 1 is 1.12 bits per heavy atom. The lowest BCUT2D eigenvalue weighted by molar-refractivity contribution is 0.0690. The summed E-state index contributed by atoms with van der Waals surface area (Å²) in [6.45, 7) is 0. The molecule has 1 N–H and O–H groups in total. The smallest absolute Gasteiger partial charge is 0.356 e. The quantitative estimate of drug-likeness (QED) is 0.726. The molecule has 5 nitrogen and oxygen atoms in total. The molecule has 0 spiro atoms. The van der Waals surface area contributed by atoms with Gasteiger partial charge in [0, 0.05) is 17.9 Å². The summed E-state index contributed by atoms with van der Waals surface area (Å²) in [5.74, 6) is -0.210. The molecule has 5 heteroatoms. The van der Waals surface area contributed by atoms with Crippen LogP contribution in [0.4, 0.5) is 0 Å². The molecule has 3 heterocycles. The van der Waals surface area contributed by atoms with Crippen LogP contribution in [0.15, 0.2) is 48.8 Å². The number of hydrogen-bond donors (Lipinski definition) is 1. The second kappa shape index (κ2) is 3.48. The van der Waals surface area contributed by atoms with Crippen molar-refractivity contribution in [3.05, 3.63) is 54.5 Å². The third-order valence-electron chi connectivity index (χ3n) is 2.58. The van der Waals surface area contributed by atoms with Gasteiger partial charge in [0.2, 0.25) is 0 Å². The lowest BCUT2D eigenvalue weighted by Crippen LogP contribution is -2.03. The third-order valence-corrected chi connectivity index (χ3v) is 2.58. The highest BCUT2D eigenvalue weighted by atomic mass is 16.4. The number of rotatable bonds is 2. The predicted molar refractivity (Wildman–Crippen MR) is 61.5 cm³/mol. The minimum atomic E-state index is -1.02. The summed E-state index contributed by atoms with van der Waals surface area (Å²) >= 11 is 0. The highest BCUT2D eigenvalue weighted by Gasteiger charge is 2.09.